The van der Waals surface area contributed by atoms with E-state index in [2.05, 4.69) is 152 Å². The Morgan fingerprint density at radius 1 is 0.322 bits per heavy atom. The van der Waals surface area contributed by atoms with Crippen LogP contribution in [-0.2, 0) is 0 Å². The van der Waals surface area contributed by atoms with E-state index in [0.29, 0.717) is 17.2 Å². The Morgan fingerprint density at radius 3 is 1.36 bits per heavy atom. The lowest BCUT2D eigenvalue weighted by Gasteiger charge is -2.12. The molecule has 5 heteroatoms. The van der Waals surface area contributed by atoms with Crippen LogP contribution in [0.2, 0.25) is 0 Å². The van der Waals surface area contributed by atoms with Crippen LogP contribution >= 0.6 is 0 Å². The third-order valence-electron chi connectivity index (χ3n) is 10.9. The summed E-state index contributed by atoms with van der Waals surface area (Å²) in [5, 5.41) is 3.18. The van der Waals surface area contributed by atoms with Crippen molar-refractivity contribution in [3.63, 3.8) is 0 Å². The topological polar surface area (TPSA) is 64.7 Å². The fourth-order valence-corrected chi connectivity index (χ4v) is 7.95. The van der Waals surface area contributed by atoms with Gasteiger partial charge in [-0.15, -0.1) is 0 Å². The van der Waals surface area contributed by atoms with Gasteiger partial charge in [0.25, 0.3) is 0 Å². The zero-order chi connectivity index (χ0) is 39.1. The van der Waals surface area contributed by atoms with Gasteiger partial charge in [0.1, 0.15) is 16.8 Å². The number of furan rings is 1. The van der Waals surface area contributed by atoms with Gasteiger partial charge in [0.05, 0.1) is 16.8 Å². The number of aromatic nitrogens is 4. The third-order valence-corrected chi connectivity index (χ3v) is 10.9. The average Bonchev–Trinajstić information content (AvgIpc) is 3.71. The zero-order valence-corrected chi connectivity index (χ0v) is 31.8. The molecular formula is C54H34N4O. The van der Waals surface area contributed by atoms with Crippen molar-refractivity contribution < 1.29 is 4.42 Å². The quantitative estimate of drug-likeness (QED) is 0.162. The predicted octanol–water partition coefficient (Wildman–Crippen LogP) is 14.0. The molecule has 0 atom stereocenters. The molecule has 0 saturated carbocycles. The lowest BCUT2D eigenvalue weighted by molar-refractivity contribution is 0.667. The van der Waals surface area contributed by atoms with Gasteiger partial charge in [0.15, 0.2) is 17.2 Å². The van der Waals surface area contributed by atoms with Crippen molar-refractivity contribution in [2.45, 2.75) is 0 Å². The minimum atomic E-state index is 0.602. The molecule has 8 aromatic carbocycles. The minimum absolute atomic E-state index is 0.602. The van der Waals surface area contributed by atoms with Crippen LogP contribution in [0.4, 0.5) is 0 Å². The molecule has 5 nitrogen and oxygen atoms in total. The molecule has 0 aliphatic rings. The van der Waals surface area contributed by atoms with Gasteiger partial charge in [0, 0.05) is 27.8 Å². The normalized spacial score (nSPS) is 11.4. The van der Waals surface area contributed by atoms with Gasteiger partial charge in [-0.05, 0) is 63.4 Å². The summed E-state index contributed by atoms with van der Waals surface area (Å²) in [7, 11) is 0. The first-order chi connectivity index (χ1) is 29.2. The van der Waals surface area contributed by atoms with E-state index < -0.39 is 0 Å². The molecule has 0 saturated heterocycles. The Kier molecular flexibility index (Phi) is 8.41. The maximum atomic E-state index is 6.76. The second-order valence-electron chi connectivity index (χ2n) is 14.6. The van der Waals surface area contributed by atoms with Crippen molar-refractivity contribution in [3.05, 3.63) is 206 Å². The molecule has 59 heavy (non-hydrogen) atoms. The predicted molar refractivity (Wildman–Crippen MR) is 240 cm³/mol. The Morgan fingerprint density at radius 2 is 0.797 bits per heavy atom. The molecule has 0 aliphatic heterocycles. The van der Waals surface area contributed by atoms with Crippen LogP contribution in [0.3, 0.4) is 0 Å². The highest BCUT2D eigenvalue weighted by Gasteiger charge is 2.21. The number of rotatable bonds is 7. The van der Waals surface area contributed by atoms with Crippen molar-refractivity contribution in [1.82, 2.24) is 19.9 Å². The van der Waals surface area contributed by atoms with Crippen molar-refractivity contribution in [3.8, 4) is 78.8 Å². The standard InChI is InChI=1S/C54H34N4O/c1-5-15-35(16-6-1)42-31-43(36-17-7-2-8-18-36)33-44(32-42)50-52-51(49-45-24-14-13-19-37(45)29-30-48(49)59-52)58-54(57-50)41-27-25-40(26-28-41)53-55-46(38-20-9-3-10-21-38)34-47(56-53)39-22-11-4-12-23-39/h1-34H. The first kappa shape index (κ1) is 34.2. The van der Waals surface area contributed by atoms with Gasteiger partial charge in [-0.3, -0.25) is 0 Å². The molecule has 0 amide bonds. The summed E-state index contributed by atoms with van der Waals surface area (Å²) in [6, 6.07) is 71.0. The van der Waals surface area contributed by atoms with Crippen molar-refractivity contribution in [1.29, 1.82) is 0 Å². The van der Waals surface area contributed by atoms with Crippen molar-refractivity contribution >= 4 is 32.8 Å². The maximum absolute atomic E-state index is 6.76. The van der Waals surface area contributed by atoms with Crippen LogP contribution in [0.5, 0.6) is 0 Å². The fourth-order valence-electron chi connectivity index (χ4n) is 7.95. The summed E-state index contributed by atoms with van der Waals surface area (Å²) in [4.78, 5) is 20.8. The van der Waals surface area contributed by atoms with Crippen LogP contribution in [-0.4, -0.2) is 19.9 Å². The van der Waals surface area contributed by atoms with Gasteiger partial charge >= 0.3 is 0 Å². The maximum Gasteiger partial charge on any atom is 0.180 e. The second kappa shape index (κ2) is 14.5. The van der Waals surface area contributed by atoms with Crippen LogP contribution in [0.25, 0.3) is 112 Å². The van der Waals surface area contributed by atoms with Gasteiger partial charge in [0.2, 0.25) is 0 Å². The highest BCUT2D eigenvalue weighted by molar-refractivity contribution is 6.19. The first-order valence-corrected chi connectivity index (χ1v) is 19.7. The van der Waals surface area contributed by atoms with E-state index in [9.17, 15) is 0 Å². The van der Waals surface area contributed by atoms with E-state index in [-0.39, 0.29) is 0 Å². The summed E-state index contributed by atoms with van der Waals surface area (Å²) in [5.41, 5.74) is 13.9. The molecule has 3 heterocycles. The Balaban J connectivity index is 1.11. The number of nitrogens with zero attached hydrogens (tertiary/aromatic N) is 4. The molecule has 11 aromatic rings. The Hall–Kier alpha value is -8.02. The molecular weight excluding hydrogens is 721 g/mol. The van der Waals surface area contributed by atoms with E-state index in [1.807, 2.05) is 54.6 Å². The van der Waals surface area contributed by atoms with E-state index in [0.717, 1.165) is 94.4 Å². The van der Waals surface area contributed by atoms with Gasteiger partial charge in [-0.2, -0.15) is 0 Å². The minimum Gasteiger partial charge on any atom is -0.452 e. The molecule has 276 valence electrons. The van der Waals surface area contributed by atoms with Gasteiger partial charge in [-0.25, -0.2) is 19.9 Å². The van der Waals surface area contributed by atoms with E-state index in [1.54, 1.807) is 0 Å². The summed E-state index contributed by atoms with van der Waals surface area (Å²) < 4.78 is 6.76. The Bertz CT molecular complexity index is 3180. The number of fused-ring (bicyclic) bond motifs is 5. The summed E-state index contributed by atoms with van der Waals surface area (Å²) in [6.45, 7) is 0. The fraction of sp³-hybridized carbons (Fsp3) is 0. The first-order valence-electron chi connectivity index (χ1n) is 19.7. The van der Waals surface area contributed by atoms with Crippen molar-refractivity contribution in [2.24, 2.45) is 0 Å². The van der Waals surface area contributed by atoms with Crippen LogP contribution < -0.4 is 0 Å². The monoisotopic (exact) mass is 754 g/mol. The molecule has 0 radical (unpaired) electrons. The number of hydrogen-bond acceptors (Lipinski definition) is 5. The van der Waals surface area contributed by atoms with E-state index in [4.69, 9.17) is 24.4 Å². The molecule has 0 N–H and O–H groups in total. The molecule has 0 bridgehead atoms. The second-order valence-corrected chi connectivity index (χ2v) is 14.6. The molecule has 0 fully saturated rings. The van der Waals surface area contributed by atoms with E-state index >= 15 is 0 Å². The number of hydrogen-bond donors (Lipinski definition) is 0. The lowest BCUT2D eigenvalue weighted by atomic mass is 9.94. The van der Waals surface area contributed by atoms with Crippen LogP contribution in [0, 0.1) is 0 Å². The Labute approximate surface area is 341 Å². The highest BCUT2D eigenvalue weighted by atomic mass is 16.3. The van der Waals surface area contributed by atoms with Crippen molar-refractivity contribution in [2.75, 3.05) is 0 Å². The third kappa shape index (κ3) is 6.41. The lowest BCUT2D eigenvalue weighted by Crippen LogP contribution is -1.97. The summed E-state index contributed by atoms with van der Waals surface area (Å²) in [5.74, 6) is 1.25. The van der Waals surface area contributed by atoms with Gasteiger partial charge < -0.3 is 4.42 Å². The molecule has 11 rings (SSSR count). The summed E-state index contributed by atoms with van der Waals surface area (Å²) in [6.07, 6.45) is 0. The SMILES string of the molecule is c1ccc(-c2cc(-c3ccccc3)cc(-c3nc(-c4ccc(-c5nc(-c6ccccc6)cc(-c6ccccc6)n5)cc4)nc4c3oc3ccc5ccccc5c34)c2)cc1. The van der Waals surface area contributed by atoms with Crippen LogP contribution in [0.1, 0.15) is 0 Å². The average molecular weight is 755 g/mol. The van der Waals surface area contributed by atoms with E-state index in [1.165, 1.54) is 0 Å². The molecule has 3 aromatic heterocycles. The molecule has 0 aliphatic carbocycles. The number of benzene rings is 8. The largest absolute Gasteiger partial charge is 0.452 e. The van der Waals surface area contributed by atoms with Crippen LogP contribution in [0.15, 0.2) is 211 Å². The smallest absolute Gasteiger partial charge is 0.180 e. The zero-order valence-electron chi connectivity index (χ0n) is 31.8. The molecule has 0 unspecified atom stereocenters. The molecule has 0 spiro atoms. The summed E-state index contributed by atoms with van der Waals surface area (Å²) >= 11 is 0. The highest BCUT2D eigenvalue weighted by Crippen LogP contribution is 2.41. The van der Waals surface area contributed by atoms with Gasteiger partial charge in [-0.1, -0.05) is 176 Å².